The summed E-state index contributed by atoms with van der Waals surface area (Å²) in [4.78, 5) is 33.8. The first-order valence-electron chi connectivity index (χ1n) is 7.06. The highest BCUT2D eigenvalue weighted by atomic mass is 16.2. The van der Waals surface area contributed by atoms with Gasteiger partial charge in [-0.2, -0.15) is 4.98 Å². The standard InChI is InChI=1S/C13H20N6O2/c1-7-6-19(8(2)5-14-7)12-15-9-10(16-12)17(3)13(21)18(4)11(9)20/h7-8,14H,5-6H2,1-4H3,(H,15,16). The van der Waals surface area contributed by atoms with Crippen molar-refractivity contribution in [2.75, 3.05) is 18.0 Å². The van der Waals surface area contributed by atoms with Crippen LogP contribution in [0.1, 0.15) is 13.8 Å². The smallest absolute Gasteiger partial charge is 0.332 e. The Morgan fingerprint density at radius 3 is 2.62 bits per heavy atom. The minimum atomic E-state index is -0.368. The lowest BCUT2D eigenvalue weighted by Gasteiger charge is -2.37. The van der Waals surface area contributed by atoms with Crippen molar-refractivity contribution in [3.63, 3.8) is 0 Å². The van der Waals surface area contributed by atoms with Crippen LogP contribution < -0.4 is 21.5 Å². The molecule has 8 nitrogen and oxygen atoms in total. The molecular formula is C13H20N6O2. The van der Waals surface area contributed by atoms with Gasteiger partial charge in [-0.25, -0.2) is 4.79 Å². The first kappa shape index (κ1) is 13.9. The Morgan fingerprint density at radius 1 is 1.19 bits per heavy atom. The van der Waals surface area contributed by atoms with Gasteiger partial charge in [-0.05, 0) is 13.8 Å². The van der Waals surface area contributed by atoms with Crippen LogP contribution in [0.15, 0.2) is 9.59 Å². The van der Waals surface area contributed by atoms with Crippen LogP contribution in [0, 0.1) is 0 Å². The van der Waals surface area contributed by atoms with Crippen molar-refractivity contribution in [2.45, 2.75) is 25.9 Å². The van der Waals surface area contributed by atoms with Crippen molar-refractivity contribution < 1.29 is 0 Å². The summed E-state index contributed by atoms with van der Waals surface area (Å²) >= 11 is 0. The number of H-pyrrole nitrogens is 1. The number of aromatic nitrogens is 4. The molecule has 0 aromatic carbocycles. The molecule has 2 N–H and O–H groups in total. The van der Waals surface area contributed by atoms with Gasteiger partial charge in [0.15, 0.2) is 11.2 Å². The number of hydrogen-bond acceptors (Lipinski definition) is 5. The SMILES string of the molecule is CC1CN(c2nc3c([nH]2)c(=O)n(C)c(=O)n3C)C(C)CN1. The van der Waals surface area contributed by atoms with Gasteiger partial charge in [0, 0.05) is 39.3 Å². The fraction of sp³-hybridized carbons (Fsp3) is 0.615. The average Bonchev–Trinajstić information content (AvgIpc) is 2.90. The molecular weight excluding hydrogens is 272 g/mol. The zero-order valence-corrected chi connectivity index (χ0v) is 12.7. The third-order valence-corrected chi connectivity index (χ3v) is 4.12. The molecule has 1 fully saturated rings. The molecule has 0 radical (unpaired) electrons. The number of hydrogen-bond donors (Lipinski definition) is 2. The zero-order valence-electron chi connectivity index (χ0n) is 12.7. The second-order valence-corrected chi connectivity index (χ2v) is 5.78. The van der Waals surface area contributed by atoms with E-state index < -0.39 is 0 Å². The number of piperazine rings is 1. The Hall–Kier alpha value is -2.09. The molecule has 3 heterocycles. The number of aromatic amines is 1. The molecule has 0 aliphatic carbocycles. The molecule has 114 valence electrons. The molecule has 0 saturated carbocycles. The highest BCUT2D eigenvalue weighted by Gasteiger charge is 2.26. The van der Waals surface area contributed by atoms with Crippen molar-refractivity contribution in [3.05, 3.63) is 20.8 Å². The van der Waals surface area contributed by atoms with Gasteiger partial charge in [0.2, 0.25) is 5.95 Å². The van der Waals surface area contributed by atoms with Gasteiger partial charge < -0.3 is 15.2 Å². The van der Waals surface area contributed by atoms with Crippen LogP contribution in [0.4, 0.5) is 5.95 Å². The van der Waals surface area contributed by atoms with Gasteiger partial charge in [0.1, 0.15) is 0 Å². The van der Waals surface area contributed by atoms with E-state index in [-0.39, 0.29) is 17.3 Å². The largest absolute Gasteiger partial charge is 0.337 e. The summed E-state index contributed by atoms with van der Waals surface area (Å²) in [7, 11) is 3.10. The van der Waals surface area contributed by atoms with Crippen LogP contribution in [-0.4, -0.2) is 44.3 Å². The molecule has 21 heavy (non-hydrogen) atoms. The van der Waals surface area contributed by atoms with Crippen LogP contribution in [0.2, 0.25) is 0 Å². The van der Waals surface area contributed by atoms with Crippen molar-refractivity contribution in [3.8, 4) is 0 Å². The number of aryl methyl sites for hydroxylation is 1. The number of fused-ring (bicyclic) bond motifs is 1. The molecule has 2 aromatic rings. The Bertz CT molecular complexity index is 801. The summed E-state index contributed by atoms with van der Waals surface area (Å²) in [5, 5.41) is 3.40. The minimum absolute atomic E-state index is 0.266. The second kappa shape index (κ2) is 4.73. The van der Waals surface area contributed by atoms with Gasteiger partial charge in [0.05, 0.1) is 0 Å². The quantitative estimate of drug-likeness (QED) is 0.714. The topological polar surface area (TPSA) is 88.0 Å². The lowest BCUT2D eigenvalue weighted by Crippen LogP contribution is -2.54. The lowest BCUT2D eigenvalue weighted by molar-refractivity contribution is 0.421. The minimum Gasteiger partial charge on any atom is -0.337 e. The van der Waals surface area contributed by atoms with Crippen molar-refractivity contribution >= 4 is 17.1 Å². The van der Waals surface area contributed by atoms with Gasteiger partial charge in [-0.1, -0.05) is 0 Å². The molecule has 2 atom stereocenters. The predicted molar refractivity (Wildman–Crippen MR) is 80.8 cm³/mol. The zero-order chi connectivity index (χ0) is 15.3. The van der Waals surface area contributed by atoms with E-state index in [1.54, 1.807) is 7.05 Å². The van der Waals surface area contributed by atoms with E-state index in [4.69, 9.17) is 0 Å². The third kappa shape index (κ3) is 2.06. The highest BCUT2D eigenvalue weighted by molar-refractivity contribution is 5.73. The summed E-state index contributed by atoms with van der Waals surface area (Å²) < 4.78 is 2.49. The van der Waals surface area contributed by atoms with E-state index in [2.05, 4.69) is 34.0 Å². The number of nitrogens with zero attached hydrogens (tertiary/aromatic N) is 4. The number of rotatable bonds is 1. The molecule has 8 heteroatoms. The number of imidazole rings is 1. The molecule has 0 bridgehead atoms. The monoisotopic (exact) mass is 292 g/mol. The van der Waals surface area contributed by atoms with E-state index in [1.165, 1.54) is 11.6 Å². The van der Waals surface area contributed by atoms with Crippen molar-refractivity contribution in [1.29, 1.82) is 0 Å². The average molecular weight is 292 g/mol. The Morgan fingerprint density at radius 2 is 1.90 bits per heavy atom. The lowest BCUT2D eigenvalue weighted by atomic mass is 10.1. The van der Waals surface area contributed by atoms with E-state index in [0.29, 0.717) is 23.2 Å². The van der Waals surface area contributed by atoms with E-state index in [9.17, 15) is 9.59 Å². The molecule has 1 aliphatic rings. The van der Waals surface area contributed by atoms with Crippen molar-refractivity contribution in [2.24, 2.45) is 14.1 Å². The van der Waals surface area contributed by atoms with E-state index >= 15 is 0 Å². The molecule has 0 spiro atoms. The normalized spacial score (nSPS) is 23.0. The Kier molecular flexibility index (Phi) is 3.12. The first-order chi connectivity index (χ1) is 9.90. The molecule has 1 saturated heterocycles. The van der Waals surface area contributed by atoms with Gasteiger partial charge >= 0.3 is 5.69 Å². The molecule has 2 aromatic heterocycles. The molecule has 3 rings (SSSR count). The maximum absolute atomic E-state index is 12.2. The number of nitrogens with one attached hydrogen (secondary N) is 2. The van der Waals surface area contributed by atoms with Crippen LogP contribution in [0.25, 0.3) is 11.2 Å². The molecule has 0 amide bonds. The van der Waals surface area contributed by atoms with Gasteiger partial charge in [0.25, 0.3) is 5.56 Å². The maximum Gasteiger partial charge on any atom is 0.332 e. The van der Waals surface area contributed by atoms with Gasteiger partial charge in [-0.3, -0.25) is 13.9 Å². The predicted octanol–water partition coefficient (Wildman–Crippen LogP) is -0.853. The molecule has 1 aliphatic heterocycles. The van der Waals surface area contributed by atoms with Crippen molar-refractivity contribution in [1.82, 2.24) is 24.4 Å². The van der Waals surface area contributed by atoms with Crippen LogP contribution in [0.5, 0.6) is 0 Å². The Balaban J connectivity index is 2.18. The van der Waals surface area contributed by atoms with Crippen LogP contribution in [-0.2, 0) is 14.1 Å². The summed E-state index contributed by atoms with van der Waals surface area (Å²) in [5.74, 6) is 0.643. The summed E-state index contributed by atoms with van der Waals surface area (Å²) in [5.41, 5.74) is 0.0550. The summed E-state index contributed by atoms with van der Waals surface area (Å²) in [6.07, 6.45) is 0. The third-order valence-electron chi connectivity index (χ3n) is 4.12. The Labute approximate surface area is 121 Å². The van der Waals surface area contributed by atoms with Crippen LogP contribution >= 0.6 is 0 Å². The number of anilines is 1. The maximum atomic E-state index is 12.2. The fourth-order valence-corrected chi connectivity index (χ4v) is 2.77. The summed E-state index contributed by atoms with van der Waals surface area (Å²) in [6, 6.07) is 0.615. The first-order valence-corrected chi connectivity index (χ1v) is 7.06. The van der Waals surface area contributed by atoms with Crippen LogP contribution in [0.3, 0.4) is 0 Å². The summed E-state index contributed by atoms with van der Waals surface area (Å²) in [6.45, 7) is 5.86. The van der Waals surface area contributed by atoms with E-state index in [0.717, 1.165) is 17.7 Å². The highest BCUT2D eigenvalue weighted by Crippen LogP contribution is 2.18. The second-order valence-electron chi connectivity index (χ2n) is 5.78. The molecule has 2 unspecified atom stereocenters. The van der Waals surface area contributed by atoms with E-state index in [1.807, 2.05) is 0 Å². The fourth-order valence-electron chi connectivity index (χ4n) is 2.77. The van der Waals surface area contributed by atoms with Gasteiger partial charge in [-0.15, -0.1) is 0 Å².